The molecular weight excluding hydrogens is 381 g/mol. The lowest BCUT2D eigenvalue weighted by Gasteiger charge is -2.11. The summed E-state index contributed by atoms with van der Waals surface area (Å²) in [5, 5.41) is 13.6. The van der Waals surface area contributed by atoms with Crippen LogP contribution in [0.4, 0.5) is 18.9 Å². The van der Waals surface area contributed by atoms with Gasteiger partial charge in [0.25, 0.3) is 11.6 Å². The number of carbonyl (C=O) groups excluding carboxylic acids is 1. The van der Waals surface area contributed by atoms with E-state index in [1.807, 2.05) is 6.92 Å². The molecule has 150 valence electrons. The van der Waals surface area contributed by atoms with Crippen LogP contribution in [0.1, 0.15) is 21.5 Å². The molecule has 2 rings (SSSR count). The summed E-state index contributed by atoms with van der Waals surface area (Å²) in [6, 6.07) is 8.08. The Hall–Kier alpha value is -3.30. The molecule has 0 aliphatic carbocycles. The first-order chi connectivity index (χ1) is 13.1. The minimum absolute atomic E-state index is 0.0419. The van der Waals surface area contributed by atoms with Crippen LogP contribution in [0.2, 0.25) is 0 Å². The number of nitro groups is 1. The molecular formula is C18H17F3N2O5. The van der Waals surface area contributed by atoms with Gasteiger partial charge >= 0.3 is 6.18 Å². The molecule has 1 amide bonds. The Labute approximate surface area is 158 Å². The van der Waals surface area contributed by atoms with Gasteiger partial charge in [-0.1, -0.05) is 12.1 Å². The number of hydrogen-bond acceptors (Lipinski definition) is 5. The fourth-order valence-corrected chi connectivity index (χ4v) is 2.36. The average molecular weight is 398 g/mol. The number of benzene rings is 2. The fourth-order valence-electron chi connectivity index (χ4n) is 2.36. The molecule has 2 aromatic rings. The Morgan fingerprint density at radius 1 is 1.21 bits per heavy atom. The highest BCUT2D eigenvalue weighted by atomic mass is 19.4. The van der Waals surface area contributed by atoms with E-state index >= 15 is 0 Å². The molecule has 0 saturated heterocycles. The largest absolute Gasteiger partial charge is 0.496 e. The summed E-state index contributed by atoms with van der Waals surface area (Å²) in [6.07, 6.45) is -4.57. The highest BCUT2D eigenvalue weighted by Gasteiger charge is 2.29. The van der Waals surface area contributed by atoms with Crippen molar-refractivity contribution in [1.82, 2.24) is 5.32 Å². The molecule has 0 spiro atoms. The van der Waals surface area contributed by atoms with E-state index < -0.39 is 34.9 Å². The van der Waals surface area contributed by atoms with E-state index in [9.17, 15) is 28.1 Å². The summed E-state index contributed by atoms with van der Waals surface area (Å²) in [4.78, 5) is 22.7. The molecule has 1 N–H and O–H groups in total. The normalized spacial score (nSPS) is 11.0. The van der Waals surface area contributed by atoms with Gasteiger partial charge in [-0.15, -0.1) is 0 Å². The molecule has 7 nitrogen and oxygen atoms in total. The maximum absolute atomic E-state index is 12.4. The zero-order valence-corrected chi connectivity index (χ0v) is 15.0. The van der Waals surface area contributed by atoms with Gasteiger partial charge in [-0.25, -0.2) is 0 Å². The van der Waals surface area contributed by atoms with Crippen molar-refractivity contribution in [3.63, 3.8) is 0 Å². The number of nitro benzene ring substituents is 1. The molecule has 0 aliphatic heterocycles. The monoisotopic (exact) mass is 398 g/mol. The Morgan fingerprint density at radius 2 is 1.93 bits per heavy atom. The van der Waals surface area contributed by atoms with E-state index in [4.69, 9.17) is 4.74 Å². The molecule has 0 fully saturated rings. The van der Waals surface area contributed by atoms with Gasteiger partial charge in [0.1, 0.15) is 17.1 Å². The highest BCUT2D eigenvalue weighted by molar-refractivity contribution is 5.98. The van der Waals surface area contributed by atoms with Crippen molar-refractivity contribution in [3.8, 4) is 11.5 Å². The standard InChI is InChI=1S/C18H17F3N2O5/c1-11-3-4-12(7-16(11)27-2)9-22-17(24)14-8-13(28-10-18(19,20)21)5-6-15(14)23(25)26/h3-8H,9-10H2,1-2H3,(H,22,24). The first kappa shape index (κ1) is 21.0. The van der Waals surface area contributed by atoms with Crippen LogP contribution in [0, 0.1) is 17.0 Å². The maximum Gasteiger partial charge on any atom is 0.422 e. The van der Waals surface area contributed by atoms with E-state index in [-0.39, 0.29) is 12.3 Å². The van der Waals surface area contributed by atoms with Crippen LogP contribution in [0.25, 0.3) is 0 Å². The number of ether oxygens (including phenoxy) is 2. The van der Waals surface area contributed by atoms with Crippen LogP contribution in [0.5, 0.6) is 11.5 Å². The van der Waals surface area contributed by atoms with Crippen molar-refractivity contribution < 1.29 is 32.4 Å². The molecule has 28 heavy (non-hydrogen) atoms. The third-order valence-corrected chi connectivity index (χ3v) is 3.74. The summed E-state index contributed by atoms with van der Waals surface area (Å²) in [5.41, 5.74) is 0.632. The van der Waals surface area contributed by atoms with Crippen molar-refractivity contribution >= 4 is 11.6 Å². The van der Waals surface area contributed by atoms with Crippen molar-refractivity contribution in [2.24, 2.45) is 0 Å². The summed E-state index contributed by atoms with van der Waals surface area (Å²) >= 11 is 0. The van der Waals surface area contributed by atoms with E-state index in [1.54, 1.807) is 18.2 Å². The minimum Gasteiger partial charge on any atom is -0.496 e. The predicted molar refractivity (Wildman–Crippen MR) is 93.5 cm³/mol. The van der Waals surface area contributed by atoms with Gasteiger partial charge < -0.3 is 14.8 Å². The Balaban J connectivity index is 2.19. The highest BCUT2D eigenvalue weighted by Crippen LogP contribution is 2.26. The predicted octanol–water partition coefficient (Wildman–Crippen LogP) is 3.78. The Morgan fingerprint density at radius 3 is 2.54 bits per heavy atom. The zero-order chi connectivity index (χ0) is 20.9. The van der Waals surface area contributed by atoms with Crippen molar-refractivity contribution in [2.45, 2.75) is 19.6 Å². The topological polar surface area (TPSA) is 90.7 Å². The van der Waals surface area contributed by atoms with Crippen LogP contribution in [-0.2, 0) is 6.54 Å². The third kappa shape index (κ3) is 5.60. The average Bonchev–Trinajstić information content (AvgIpc) is 2.64. The summed E-state index contributed by atoms with van der Waals surface area (Å²) in [6.45, 7) is 0.312. The maximum atomic E-state index is 12.4. The molecule has 0 heterocycles. The first-order valence-corrected chi connectivity index (χ1v) is 8.00. The van der Waals surface area contributed by atoms with Gasteiger partial charge in [-0.3, -0.25) is 14.9 Å². The van der Waals surface area contributed by atoms with Crippen LogP contribution in [0.15, 0.2) is 36.4 Å². The number of amides is 1. The molecule has 10 heteroatoms. The first-order valence-electron chi connectivity index (χ1n) is 8.00. The molecule has 0 atom stereocenters. The number of alkyl halides is 3. The second-order valence-corrected chi connectivity index (χ2v) is 5.83. The van der Waals surface area contributed by atoms with Crippen molar-refractivity contribution in [1.29, 1.82) is 0 Å². The summed E-state index contributed by atoms with van der Waals surface area (Å²) in [7, 11) is 1.50. The lowest BCUT2D eigenvalue weighted by atomic mass is 10.1. The van der Waals surface area contributed by atoms with Gasteiger partial charge in [0.2, 0.25) is 0 Å². The van der Waals surface area contributed by atoms with Crippen LogP contribution >= 0.6 is 0 Å². The summed E-state index contributed by atoms with van der Waals surface area (Å²) in [5.74, 6) is -0.506. The number of aryl methyl sites for hydroxylation is 1. The SMILES string of the molecule is COc1cc(CNC(=O)c2cc(OCC(F)(F)F)ccc2[N+](=O)[O-])ccc1C. The molecule has 0 saturated carbocycles. The third-order valence-electron chi connectivity index (χ3n) is 3.74. The van der Waals surface area contributed by atoms with Gasteiger partial charge in [-0.2, -0.15) is 13.2 Å². The minimum atomic E-state index is -4.57. The number of methoxy groups -OCH3 is 1. The lowest BCUT2D eigenvalue weighted by Crippen LogP contribution is -2.24. The number of halogens is 3. The number of nitrogens with one attached hydrogen (secondary N) is 1. The molecule has 2 aromatic carbocycles. The van der Waals surface area contributed by atoms with Crippen LogP contribution < -0.4 is 14.8 Å². The quantitative estimate of drug-likeness (QED) is 0.566. The lowest BCUT2D eigenvalue weighted by molar-refractivity contribution is -0.385. The van der Waals surface area contributed by atoms with E-state index in [0.717, 1.165) is 23.8 Å². The Kier molecular flexibility index (Phi) is 6.45. The van der Waals surface area contributed by atoms with Gasteiger partial charge in [0, 0.05) is 12.6 Å². The van der Waals surface area contributed by atoms with Crippen molar-refractivity contribution in [2.75, 3.05) is 13.7 Å². The molecule has 0 radical (unpaired) electrons. The number of hydrogen-bond donors (Lipinski definition) is 1. The number of rotatable bonds is 7. The summed E-state index contributed by atoms with van der Waals surface area (Å²) < 4.78 is 46.6. The van der Waals surface area contributed by atoms with Gasteiger partial charge in [-0.05, 0) is 36.2 Å². The van der Waals surface area contributed by atoms with Gasteiger partial charge in [0.15, 0.2) is 6.61 Å². The fraction of sp³-hybridized carbons (Fsp3) is 0.278. The zero-order valence-electron chi connectivity index (χ0n) is 15.0. The molecule has 0 aromatic heterocycles. The van der Waals surface area contributed by atoms with E-state index in [0.29, 0.717) is 11.3 Å². The molecule has 0 unspecified atom stereocenters. The second-order valence-electron chi connectivity index (χ2n) is 5.83. The van der Waals surface area contributed by atoms with E-state index in [2.05, 4.69) is 10.1 Å². The number of nitrogens with zero attached hydrogens (tertiary/aromatic N) is 1. The van der Waals surface area contributed by atoms with Crippen LogP contribution in [0.3, 0.4) is 0 Å². The smallest absolute Gasteiger partial charge is 0.422 e. The Bertz CT molecular complexity index is 884. The van der Waals surface area contributed by atoms with Crippen molar-refractivity contribution in [3.05, 3.63) is 63.2 Å². The van der Waals surface area contributed by atoms with E-state index in [1.165, 1.54) is 7.11 Å². The van der Waals surface area contributed by atoms with Gasteiger partial charge in [0.05, 0.1) is 12.0 Å². The van der Waals surface area contributed by atoms with Crippen LogP contribution in [-0.4, -0.2) is 30.7 Å². The molecule has 0 bridgehead atoms. The molecule has 0 aliphatic rings. The number of carbonyl (C=O) groups is 1. The second kappa shape index (κ2) is 8.59.